The second-order valence-corrected chi connectivity index (χ2v) is 5.37. The Kier molecular flexibility index (Phi) is 6.95. The first-order valence-corrected chi connectivity index (χ1v) is 7.97. The van der Waals surface area contributed by atoms with E-state index in [1.807, 2.05) is 30.3 Å². The molecule has 6 heteroatoms. The van der Waals surface area contributed by atoms with Crippen molar-refractivity contribution in [3.63, 3.8) is 0 Å². The van der Waals surface area contributed by atoms with E-state index in [-0.39, 0.29) is 24.8 Å². The van der Waals surface area contributed by atoms with Gasteiger partial charge < -0.3 is 15.4 Å². The summed E-state index contributed by atoms with van der Waals surface area (Å²) in [5.74, 6) is 0.0705. The summed E-state index contributed by atoms with van der Waals surface area (Å²) in [5, 5.41) is 13.9. The minimum Gasteiger partial charge on any atom is -0.497 e. The van der Waals surface area contributed by atoms with Gasteiger partial charge in [-0.25, -0.2) is 0 Å². The van der Waals surface area contributed by atoms with Gasteiger partial charge in [0, 0.05) is 18.3 Å². The molecule has 0 bridgehead atoms. The minimum atomic E-state index is -0.355. The average Bonchev–Trinajstić information content (AvgIpc) is 2.66. The molecule has 2 N–H and O–H groups in total. The molecule has 2 aromatic rings. The van der Waals surface area contributed by atoms with Crippen molar-refractivity contribution in [1.82, 2.24) is 5.32 Å². The van der Waals surface area contributed by atoms with Crippen molar-refractivity contribution >= 4 is 23.6 Å². The van der Waals surface area contributed by atoms with Gasteiger partial charge in [0.25, 0.3) is 0 Å². The molecular weight excluding hydrogens is 330 g/mol. The molecule has 2 aromatic carbocycles. The van der Waals surface area contributed by atoms with Gasteiger partial charge in [-0.3, -0.25) is 9.59 Å². The summed E-state index contributed by atoms with van der Waals surface area (Å²) in [6.45, 7) is 0.233. The van der Waals surface area contributed by atoms with Crippen LogP contribution in [0.15, 0.2) is 54.6 Å². The standard InChI is InChI=1S/C20H19N3O3/c1-26-17-7-4-5-15(13-17)9-10-20(25)23-18-8-3-2-6-16(18)14-22-19(24)11-12-21/h2-10,13H,11,14H2,1H3,(H,22,24)(H,23,25)/b10-9+. The van der Waals surface area contributed by atoms with Crippen LogP contribution >= 0.6 is 0 Å². The number of para-hydroxylation sites is 1. The van der Waals surface area contributed by atoms with Crippen molar-refractivity contribution in [2.45, 2.75) is 13.0 Å². The van der Waals surface area contributed by atoms with Crippen LogP contribution < -0.4 is 15.4 Å². The lowest BCUT2D eigenvalue weighted by molar-refractivity contribution is -0.120. The Balaban J connectivity index is 2.01. The third kappa shape index (κ3) is 5.80. The Morgan fingerprint density at radius 2 is 2.00 bits per heavy atom. The van der Waals surface area contributed by atoms with Crippen LogP contribution in [0, 0.1) is 11.3 Å². The molecule has 0 saturated heterocycles. The van der Waals surface area contributed by atoms with Gasteiger partial charge in [0.05, 0.1) is 13.2 Å². The van der Waals surface area contributed by atoms with Crippen molar-refractivity contribution in [1.29, 1.82) is 5.26 Å². The van der Waals surface area contributed by atoms with Gasteiger partial charge in [-0.1, -0.05) is 30.3 Å². The van der Waals surface area contributed by atoms with Crippen LogP contribution in [-0.2, 0) is 16.1 Å². The van der Waals surface area contributed by atoms with E-state index in [9.17, 15) is 9.59 Å². The van der Waals surface area contributed by atoms with E-state index in [0.29, 0.717) is 11.4 Å². The molecule has 2 amide bonds. The summed E-state index contributed by atoms with van der Waals surface area (Å²) in [7, 11) is 1.59. The quantitative estimate of drug-likeness (QED) is 0.752. The molecule has 26 heavy (non-hydrogen) atoms. The molecule has 0 aliphatic carbocycles. The average molecular weight is 349 g/mol. The Bertz CT molecular complexity index is 853. The number of carbonyl (C=O) groups is 2. The third-order valence-electron chi connectivity index (χ3n) is 3.51. The summed E-state index contributed by atoms with van der Waals surface area (Å²) in [6.07, 6.45) is 2.92. The van der Waals surface area contributed by atoms with Crippen molar-refractivity contribution in [3.8, 4) is 11.8 Å². The molecule has 0 aliphatic rings. The number of benzene rings is 2. The number of hydrogen-bond donors (Lipinski definition) is 2. The second-order valence-electron chi connectivity index (χ2n) is 5.37. The van der Waals surface area contributed by atoms with Gasteiger partial charge >= 0.3 is 0 Å². The van der Waals surface area contributed by atoms with Crippen LogP contribution in [0.1, 0.15) is 17.5 Å². The highest BCUT2D eigenvalue weighted by Gasteiger charge is 2.06. The Labute approximate surface area is 152 Å². The summed E-state index contributed by atoms with van der Waals surface area (Å²) in [5.41, 5.74) is 2.20. The maximum Gasteiger partial charge on any atom is 0.248 e. The molecule has 0 heterocycles. The SMILES string of the molecule is COc1cccc(/C=C/C(=O)Nc2ccccc2CNC(=O)CC#N)c1. The summed E-state index contributed by atoms with van der Waals surface area (Å²) < 4.78 is 5.15. The molecule has 0 atom stereocenters. The lowest BCUT2D eigenvalue weighted by Gasteiger charge is -2.10. The number of nitrogens with zero attached hydrogens (tertiary/aromatic N) is 1. The molecule has 0 radical (unpaired) electrons. The van der Waals surface area contributed by atoms with Crippen LogP contribution in [0.3, 0.4) is 0 Å². The summed E-state index contributed by atoms with van der Waals surface area (Å²) in [4.78, 5) is 23.6. The van der Waals surface area contributed by atoms with Crippen LogP contribution in [-0.4, -0.2) is 18.9 Å². The largest absolute Gasteiger partial charge is 0.497 e. The Morgan fingerprint density at radius 3 is 2.77 bits per heavy atom. The number of hydrogen-bond acceptors (Lipinski definition) is 4. The summed E-state index contributed by atoms with van der Waals surface area (Å²) >= 11 is 0. The van der Waals surface area contributed by atoms with Crippen molar-refractivity contribution < 1.29 is 14.3 Å². The highest BCUT2D eigenvalue weighted by Crippen LogP contribution is 2.16. The third-order valence-corrected chi connectivity index (χ3v) is 3.51. The normalized spacial score (nSPS) is 10.2. The van der Waals surface area contributed by atoms with Crippen molar-refractivity contribution in [2.24, 2.45) is 0 Å². The maximum atomic E-state index is 12.2. The number of nitriles is 1. The summed E-state index contributed by atoms with van der Waals surface area (Å²) in [6, 6.07) is 16.3. The smallest absolute Gasteiger partial charge is 0.248 e. The fourth-order valence-electron chi connectivity index (χ4n) is 2.22. The molecular formula is C20H19N3O3. The zero-order chi connectivity index (χ0) is 18.8. The van der Waals surface area contributed by atoms with Gasteiger partial charge in [0.15, 0.2) is 0 Å². The second kappa shape index (κ2) is 9.64. The first-order valence-electron chi connectivity index (χ1n) is 7.97. The number of methoxy groups -OCH3 is 1. The van der Waals surface area contributed by atoms with Gasteiger partial charge in [-0.15, -0.1) is 0 Å². The fourth-order valence-corrected chi connectivity index (χ4v) is 2.22. The maximum absolute atomic E-state index is 12.2. The molecule has 0 aliphatic heterocycles. The Morgan fingerprint density at radius 1 is 1.19 bits per heavy atom. The lowest BCUT2D eigenvalue weighted by atomic mass is 10.1. The number of rotatable bonds is 7. The zero-order valence-corrected chi connectivity index (χ0v) is 14.4. The van der Waals surface area contributed by atoms with Crippen LogP contribution in [0.4, 0.5) is 5.69 Å². The van der Waals surface area contributed by atoms with E-state index < -0.39 is 0 Å². The molecule has 0 unspecified atom stereocenters. The van der Waals surface area contributed by atoms with E-state index in [0.717, 1.165) is 11.1 Å². The van der Waals surface area contributed by atoms with Gasteiger partial charge in [-0.2, -0.15) is 5.26 Å². The lowest BCUT2D eigenvalue weighted by Crippen LogP contribution is -2.22. The first-order chi connectivity index (χ1) is 12.6. The van der Waals surface area contributed by atoms with Crippen LogP contribution in [0.5, 0.6) is 5.75 Å². The molecule has 2 rings (SSSR count). The Hall–Kier alpha value is -3.59. The van der Waals surface area contributed by atoms with Gasteiger partial charge in [-0.05, 0) is 35.4 Å². The fraction of sp³-hybridized carbons (Fsp3) is 0.150. The molecule has 0 fully saturated rings. The highest BCUT2D eigenvalue weighted by molar-refractivity contribution is 6.02. The van der Waals surface area contributed by atoms with Gasteiger partial charge in [0.1, 0.15) is 12.2 Å². The van der Waals surface area contributed by atoms with Crippen LogP contribution in [0.25, 0.3) is 6.08 Å². The highest BCUT2D eigenvalue weighted by atomic mass is 16.5. The van der Waals surface area contributed by atoms with Crippen molar-refractivity contribution in [3.05, 3.63) is 65.7 Å². The zero-order valence-electron chi connectivity index (χ0n) is 14.4. The topological polar surface area (TPSA) is 91.2 Å². The molecule has 6 nitrogen and oxygen atoms in total. The monoisotopic (exact) mass is 349 g/mol. The minimum absolute atomic E-state index is 0.197. The molecule has 0 aromatic heterocycles. The predicted molar refractivity (Wildman–Crippen MR) is 99.2 cm³/mol. The van der Waals surface area contributed by atoms with Gasteiger partial charge in [0.2, 0.25) is 11.8 Å². The van der Waals surface area contributed by atoms with E-state index in [4.69, 9.17) is 10.00 Å². The van der Waals surface area contributed by atoms with Crippen LogP contribution in [0.2, 0.25) is 0 Å². The molecule has 132 valence electrons. The number of ether oxygens (including phenoxy) is 1. The van der Waals surface area contributed by atoms with E-state index in [1.54, 1.807) is 37.5 Å². The number of amides is 2. The van der Waals surface area contributed by atoms with E-state index in [2.05, 4.69) is 10.6 Å². The van der Waals surface area contributed by atoms with E-state index in [1.165, 1.54) is 6.08 Å². The molecule has 0 saturated carbocycles. The first kappa shape index (κ1) is 18.7. The number of nitrogens with one attached hydrogen (secondary N) is 2. The predicted octanol–water partition coefficient (Wildman–Crippen LogP) is 2.88. The van der Waals surface area contributed by atoms with E-state index >= 15 is 0 Å². The number of carbonyl (C=O) groups excluding carboxylic acids is 2. The molecule has 0 spiro atoms. The van der Waals surface area contributed by atoms with Crippen molar-refractivity contribution in [2.75, 3.05) is 12.4 Å². The number of anilines is 1.